The number of nitrogens with zero attached hydrogens (tertiary/aromatic N) is 4. The molecule has 0 saturated carbocycles. The molecule has 0 spiro atoms. The minimum absolute atomic E-state index is 0.0408. The van der Waals surface area contributed by atoms with E-state index in [0.717, 1.165) is 36.1 Å². The molecule has 2 aromatic rings. The van der Waals surface area contributed by atoms with Gasteiger partial charge in [0.25, 0.3) is 0 Å². The Labute approximate surface area is 191 Å². The zero-order valence-corrected chi connectivity index (χ0v) is 18.3. The van der Waals surface area contributed by atoms with Crippen LogP contribution in [0.25, 0.3) is 5.57 Å². The average Bonchev–Trinajstić information content (AvgIpc) is 2.82. The van der Waals surface area contributed by atoms with Gasteiger partial charge in [0, 0.05) is 38.2 Å². The average molecular weight is 454 g/mol. The molecule has 0 atom stereocenters. The molecule has 0 unspecified atom stereocenters. The van der Waals surface area contributed by atoms with Crippen molar-refractivity contribution in [2.75, 3.05) is 31.6 Å². The van der Waals surface area contributed by atoms with Crippen LogP contribution in [0.2, 0.25) is 5.02 Å². The number of amides is 1. The van der Waals surface area contributed by atoms with E-state index in [-0.39, 0.29) is 18.4 Å². The van der Waals surface area contributed by atoms with Crippen LogP contribution in [0, 0.1) is 11.5 Å². The molecule has 4 rings (SSSR count). The Hall–Kier alpha value is -3.15. The highest BCUT2D eigenvalue weighted by molar-refractivity contribution is 6.32. The second-order valence-electron chi connectivity index (χ2n) is 7.73. The maximum absolute atomic E-state index is 12.5. The van der Waals surface area contributed by atoms with Crippen molar-refractivity contribution in [2.45, 2.75) is 31.8 Å². The molecule has 2 aliphatic rings. The van der Waals surface area contributed by atoms with Crippen LogP contribution in [-0.4, -0.2) is 53.2 Å². The molecule has 0 bridgehead atoms. The summed E-state index contributed by atoms with van der Waals surface area (Å²) < 4.78 is 11.3. The lowest BCUT2D eigenvalue weighted by atomic mass is 10.0. The number of nitriles is 1. The molecule has 0 radical (unpaired) electrons. The van der Waals surface area contributed by atoms with Gasteiger partial charge in [0.1, 0.15) is 22.7 Å². The fourth-order valence-electron chi connectivity index (χ4n) is 3.64. The fraction of sp³-hybridized carbons (Fsp3) is 0.391. The maximum atomic E-state index is 12.5. The molecule has 4 heterocycles. The number of rotatable bonds is 6. The molecule has 1 N–H and O–H groups in total. The maximum Gasteiger partial charge on any atom is 0.230 e. The summed E-state index contributed by atoms with van der Waals surface area (Å²) in [6.07, 6.45) is 9.96. The Bertz CT molecular complexity index is 1030. The van der Waals surface area contributed by atoms with E-state index < -0.39 is 0 Å². The first-order chi connectivity index (χ1) is 15.6. The van der Waals surface area contributed by atoms with E-state index in [1.54, 1.807) is 17.2 Å². The van der Waals surface area contributed by atoms with Crippen LogP contribution in [0.4, 0.5) is 5.82 Å². The molecule has 9 heteroatoms. The molecule has 8 nitrogen and oxygen atoms in total. The Morgan fingerprint density at radius 2 is 2.16 bits per heavy atom. The van der Waals surface area contributed by atoms with Crippen molar-refractivity contribution in [2.24, 2.45) is 0 Å². The Kier molecular flexibility index (Phi) is 7.20. The number of anilines is 1. The highest BCUT2D eigenvalue weighted by atomic mass is 35.5. The van der Waals surface area contributed by atoms with Crippen molar-refractivity contribution < 1.29 is 14.3 Å². The van der Waals surface area contributed by atoms with Gasteiger partial charge in [0.15, 0.2) is 6.19 Å². The van der Waals surface area contributed by atoms with Crippen LogP contribution in [0.3, 0.4) is 0 Å². The number of pyridine rings is 2. The molecule has 32 heavy (non-hydrogen) atoms. The van der Waals surface area contributed by atoms with Gasteiger partial charge in [-0.3, -0.25) is 9.78 Å². The lowest BCUT2D eigenvalue weighted by molar-refractivity contribution is -0.115. The predicted octanol–water partition coefficient (Wildman–Crippen LogP) is 3.44. The van der Waals surface area contributed by atoms with Gasteiger partial charge in [-0.15, -0.1) is 0 Å². The number of ether oxygens (including phenoxy) is 2. The first kappa shape index (κ1) is 22.1. The predicted molar refractivity (Wildman–Crippen MR) is 120 cm³/mol. The van der Waals surface area contributed by atoms with Gasteiger partial charge < -0.3 is 19.7 Å². The summed E-state index contributed by atoms with van der Waals surface area (Å²) in [4.78, 5) is 22.9. The van der Waals surface area contributed by atoms with Gasteiger partial charge in [0.2, 0.25) is 5.91 Å². The number of carbonyl (C=O) groups excluding carboxylic acids is 1. The standard InChI is InChI=1S/C23H24ClN5O3/c24-19-14-27-22(12-21(19)32-18-5-9-31-10-6-18)28-23(30)11-16-1-2-20(26-13-16)17-3-7-29(15-25)8-4-17/h1-3,12-14,18H,4-11H2,(H,27,28,30). The van der Waals surface area contributed by atoms with Gasteiger partial charge in [-0.1, -0.05) is 23.7 Å². The van der Waals surface area contributed by atoms with Crippen LogP contribution in [0.15, 0.2) is 36.7 Å². The van der Waals surface area contributed by atoms with Gasteiger partial charge >= 0.3 is 0 Å². The van der Waals surface area contributed by atoms with Crippen LogP contribution >= 0.6 is 11.6 Å². The van der Waals surface area contributed by atoms with E-state index in [4.69, 9.17) is 26.3 Å². The molecule has 166 valence electrons. The van der Waals surface area contributed by atoms with Crippen molar-refractivity contribution in [1.82, 2.24) is 14.9 Å². The van der Waals surface area contributed by atoms with E-state index in [9.17, 15) is 4.79 Å². The van der Waals surface area contributed by atoms with Crippen LogP contribution in [0.5, 0.6) is 5.75 Å². The summed E-state index contributed by atoms with van der Waals surface area (Å²) in [6, 6.07) is 5.46. The summed E-state index contributed by atoms with van der Waals surface area (Å²) in [5.74, 6) is 0.694. The van der Waals surface area contributed by atoms with Gasteiger partial charge in [-0.05, 0) is 23.6 Å². The third-order valence-corrected chi connectivity index (χ3v) is 5.70. The van der Waals surface area contributed by atoms with E-state index in [2.05, 4.69) is 21.5 Å². The number of hydrogen-bond acceptors (Lipinski definition) is 7. The summed E-state index contributed by atoms with van der Waals surface area (Å²) in [5.41, 5.74) is 2.80. The molecule has 0 aromatic carbocycles. The SMILES string of the molecule is N#CN1CC=C(c2ccc(CC(=O)Nc3cc(OC4CCOCC4)c(Cl)cn3)cn2)CC1. The number of carbonyl (C=O) groups is 1. The molecule has 0 aliphatic carbocycles. The highest BCUT2D eigenvalue weighted by Gasteiger charge is 2.18. The smallest absolute Gasteiger partial charge is 0.230 e. The summed E-state index contributed by atoms with van der Waals surface area (Å²) >= 11 is 6.21. The molecule has 1 amide bonds. The lowest BCUT2D eigenvalue weighted by Gasteiger charge is -2.23. The molecule has 1 saturated heterocycles. The molecule has 2 aromatic heterocycles. The quantitative estimate of drug-likeness (QED) is 0.668. The lowest BCUT2D eigenvalue weighted by Crippen LogP contribution is -2.26. The second kappa shape index (κ2) is 10.4. The van der Waals surface area contributed by atoms with Crippen molar-refractivity contribution in [3.05, 3.63) is 52.9 Å². The first-order valence-electron chi connectivity index (χ1n) is 10.6. The Morgan fingerprint density at radius 1 is 1.31 bits per heavy atom. The number of aromatic nitrogens is 2. The fourth-order valence-corrected chi connectivity index (χ4v) is 3.78. The minimum atomic E-state index is -0.201. The summed E-state index contributed by atoms with van der Waals surface area (Å²) in [6.45, 7) is 2.63. The van der Waals surface area contributed by atoms with Crippen molar-refractivity contribution in [1.29, 1.82) is 5.26 Å². The van der Waals surface area contributed by atoms with E-state index in [1.165, 1.54) is 6.20 Å². The summed E-state index contributed by atoms with van der Waals surface area (Å²) in [7, 11) is 0. The van der Waals surface area contributed by atoms with Crippen LogP contribution in [-0.2, 0) is 16.0 Å². The third-order valence-electron chi connectivity index (χ3n) is 5.42. The van der Waals surface area contributed by atoms with Crippen LogP contribution in [0.1, 0.15) is 30.5 Å². The monoisotopic (exact) mass is 453 g/mol. The topological polar surface area (TPSA) is 100 Å². The zero-order valence-electron chi connectivity index (χ0n) is 17.6. The first-order valence-corrected chi connectivity index (χ1v) is 11.0. The molecule has 1 fully saturated rings. The molecule has 2 aliphatic heterocycles. The van der Waals surface area contributed by atoms with E-state index in [1.807, 2.05) is 18.2 Å². The van der Waals surface area contributed by atoms with Crippen molar-refractivity contribution in [3.8, 4) is 11.9 Å². The minimum Gasteiger partial charge on any atom is -0.488 e. The highest BCUT2D eigenvalue weighted by Crippen LogP contribution is 2.29. The zero-order chi connectivity index (χ0) is 22.3. The summed E-state index contributed by atoms with van der Waals surface area (Å²) in [5, 5.41) is 12.1. The number of nitrogens with one attached hydrogen (secondary N) is 1. The van der Waals surface area contributed by atoms with Gasteiger partial charge in [-0.25, -0.2) is 4.98 Å². The van der Waals surface area contributed by atoms with Crippen LogP contribution < -0.4 is 10.1 Å². The van der Waals surface area contributed by atoms with Gasteiger partial charge in [0.05, 0.1) is 31.5 Å². The number of halogens is 1. The Balaban J connectivity index is 1.34. The largest absolute Gasteiger partial charge is 0.488 e. The van der Waals surface area contributed by atoms with Crippen molar-refractivity contribution >= 4 is 28.9 Å². The third kappa shape index (κ3) is 5.75. The number of hydrogen-bond donors (Lipinski definition) is 1. The molecular weight excluding hydrogens is 430 g/mol. The Morgan fingerprint density at radius 3 is 2.84 bits per heavy atom. The van der Waals surface area contributed by atoms with Gasteiger partial charge in [-0.2, -0.15) is 5.26 Å². The van der Waals surface area contributed by atoms with E-state index in [0.29, 0.717) is 42.9 Å². The molecular formula is C23H24ClN5O3. The van der Waals surface area contributed by atoms with Crippen molar-refractivity contribution in [3.63, 3.8) is 0 Å². The van der Waals surface area contributed by atoms with E-state index >= 15 is 0 Å². The second-order valence-corrected chi connectivity index (χ2v) is 8.14. The normalized spacial score (nSPS) is 16.8.